The molecular weight excluding hydrogens is 442 g/mol. The number of fused-ring (bicyclic) bond motifs is 1. The van der Waals surface area contributed by atoms with Gasteiger partial charge in [-0.3, -0.25) is 19.7 Å². The zero-order valence-electron chi connectivity index (χ0n) is 20.9. The summed E-state index contributed by atoms with van der Waals surface area (Å²) in [6, 6.07) is 6.85. The number of hydrogen-bond acceptors (Lipinski definition) is 5. The van der Waals surface area contributed by atoms with Crippen molar-refractivity contribution in [2.24, 2.45) is 11.8 Å². The highest BCUT2D eigenvalue weighted by atomic mass is 16.5. The standard InChI is InChI=1S/C28H39N3O4/c1-35-17-18-6-9-22(10-7-18)29-24-5-3-2-4-20(24)14-19-8-11-23-21(15-19)16-31(28(23)34)25-12-13-26(32)30-27(25)33/h8,11,15,18,20,22,24-25,29H,2-7,9-10,12-14,16-17H2,1H3,(H,30,32,33)/t18-,20-,22+,24+,25?/m1/s1. The van der Waals surface area contributed by atoms with Crippen LogP contribution in [0, 0.1) is 11.8 Å². The van der Waals surface area contributed by atoms with E-state index in [4.69, 9.17) is 4.74 Å². The van der Waals surface area contributed by atoms with Crippen LogP contribution in [0.15, 0.2) is 18.2 Å². The predicted octanol–water partition coefficient (Wildman–Crippen LogP) is 3.34. The van der Waals surface area contributed by atoms with Crippen LogP contribution in [0.5, 0.6) is 0 Å². The summed E-state index contributed by atoms with van der Waals surface area (Å²) >= 11 is 0. The molecule has 7 heteroatoms. The van der Waals surface area contributed by atoms with Gasteiger partial charge in [0, 0.05) is 44.3 Å². The molecule has 2 heterocycles. The molecule has 2 aliphatic carbocycles. The Bertz CT molecular complexity index is 956. The van der Waals surface area contributed by atoms with E-state index < -0.39 is 6.04 Å². The number of methoxy groups -OCH3 is 1. The number of nitrogens with zero attached hydrogens (tertiary/aromatic N) is 1. The highest BCUT2D eigenvalue weighted by Gasteiger charge is 2.39. The fourth-order valence-corrected chi connectivity index (χ4v) is 6.76. The molecule has 190 valence electrons. The second-order valence-corrected chi connectivity index (χ2v) is 11.1. The Balaban J connectivity index is 1.21. The number of imide groups is 1. The predicted molar refractivity (Wildman–Crippen MR) is 133 cm³/mol. The minimum Gasteiger partial charge on any atom is -0.384 e. The molecule has 1 saturated heterocycles. The summed E-state index contributed by atoms with van der Waals surface area (Å²) in [7, 11) is 1.80. The third-order valence-corrected chi connectivity index (χ3v) is 8.69. The first kappa shape index (κ1) is 24.4. The van der Waals surface area contributed by atoms with Crippen LogP contribution in [-0.4, -0.2) is 54.5 Å². The first-order chi connectivity index (χ1) is 17.0. The molecule has 4 aliphatic rings. The Morgan fingerprint density at radius 2 is 1.83 bits per heavy atom. The van der Waals surface area contributed by atoms with Crippen LogP contribution in [0.2, 0.25) is 0 Å². The number of nitrogens with one attached hydrogen (secondary N) is 2. The molecule has 2 N–H and O–H groups in total. The van der Waals surface area contributed by atoms with Gasteiger partial charge in [0.1, 0.15) is 6.04 Å². The van der Waals surface area contributed by atoms with Gasteiger partial charge in [0.05, 0.1) is 0 Å². The van der Waals surface area contributed by atoms with Crippen molar-refractivity contribution in [3.8, 4) is 0 Å². The largest absolute Gasteiger partial charge is 0.384 e. The van der Waals surface area contributed by atoms with E-state index in [9.17, 15) is 14.4 Å². The molecule has 5 rings (SSSR count). The van der Waals surface area contributed by atoms with E-state index in [2.05, 4.69) is 22.8 Å². The fourth-order valence-electron chi connectivity index (χ4n) is 6.76. The van der Waals surface area contributed by atoms with Crippen molar-refractivity contribution in [3.05, 3.63) is 34.9 Å². The second-order valence-electron chi connectivity index (χ2n) is 11.1. The van der Waals surface area contributed by atoms with Crippen molar-refractivity contribution in [3.63, 3.8) is 0 Å². The first-order valence-corrected chi connectivity index (χ1v) is 13.5. The molecule has 3 amide bonds. The Morgan fingerprint density at radius 3 is 2.60 bits per heavy atom. The van der Waals surface area contributed by atoms with Gasteiger partial charge in [-0.15, -0.1) is 0 Å². The van der Waals surface area contributed by atoms with Crippen LogP contribution in [0.1, 0.15) is 85.7 Å². The van der Waals surface area contributed by atoms with Gasteiger partial charge in [0.2, 0.25) is 11.8 Å². The van der Waals surface area contributed by atoms with Crippen molar-refractivity contribution in [1.82, 2.24) is 15.5 Å². The maximum atomic E-state index is 13.0. The Morgan fingerprint density at radius 1 is 1.03 bits per heavy atom. The lowest BCUT2D eigenvalue weighted by molar-refractivity contribution is -0.136. The maximum absolute atomic E-state index is 13.0. The maximum Gasteiger partial charge on any atom is 0.255 e. The van der Waals surface area contributed by atoms with Gasteiger partial charge in [-0.05, 0) is 80.4 Å². The van der Waals surface area contributed by atoms with E-state index >= 15 is 0 Å². The summed E-state index contributed by atoms with van der Waals surface area (Å²) in [6.45, 7) is 1.34. The Kier molecular flexibility index (Phi) is 7.54. The van der Waals surface area contributed by atoms with Gasteiger partial charge < -0.3 is 15.0 Å². The molecule has 35 heavy (non-hydrogen) atoms. The number of carbonyl (C=O) groups excluding carboxylic acids is 3. The normalized spacial score (nSPS) is 31.4. The van der Waals surface area contributed by atoms with Crippen molar-refractivity contribution in [1.29, 1.82) is 0 Å². The monoisotopic (exact) mass is 481 g/mol. The van der Waals surface area contributed by atoms with E-state index in [1.807, 2.05) is 6.07 Å². The van der Waals surface area contributed by atoms with Gasteiger partial charge >= 0.3 is 0 Å². The van der Waals surface area contributed by atoms with Crippen LogP contribution in [0.25, 0.3) is 0 Å². The molecule has 1 aromatic carbocycles. The quantitative estimate of drug-likeness (QED) is 0.583. The van der Waals surface area contributed by atoms with Gasteiger partial charge in [-0.1, -0.05) is 25.0 Å². The SMILES string of the molecule is COC[C@H]1CC[C@@H](N[C@H]2CCCC[C@@H]2Cc2ccc3c(c2)CN(C2CCC(=O)NC2=O)C3=O)CC1. The molecule has 1 aromatic rings. The minimum atomic E-state index is -0.554. The molecule has 0 radical (unpaired) electrons. The molecule has 2 saturated carbocycles. The molecule has 3 atom stereocenters. The minimum absolute atomic E-state index is 0.0951. The molecule has 1 unspecified atom stereocenters. The number of ether oxygens (including phenoxy) is 1. The Labute approximate surface area is 208 Å². The summed E-state index contributed by atoms with van der Waals surface area (Å²) in [5.41, 5.74) is 2.99. The zero-order valence-corrected chi connectivity index (χ0v) is 20.9. The summed E-state index contributed by atoms with van der Waals surface area (Å²) < 4.78 is 5.36. The summed E-state index contributed by atoms with van der Waals surface area (Å²) in [5.74, 6) is 0.629. The van der Waals surface area contributed by atoms with Crippen molar-refractivity contribution < 1.29 is 19.1 Å². The van der Waals surface area contributed by atoms with Crippen LogP contribution in [0.4, 0.5) is 0 Å². The van der Waals surface area contributed by atoms with E-state index in [0.717, 1.165) is 18.6 Å². The number of hydrogen-bond donors (Lipinski definition) is 2. The second kappa shape index (κ2) is 10.8. The number of amides is 3. The molecule has 7 nitrogen and oxygen atoms in total. The Hall–Kier alpha value is -2.25. The van der Waals surface area contributed by atoms with E-state index in [0.29, 0.717) is 42.4 Å². The number of rotatable bonds is 7. The molecule has 0 aromatic heterocycles. The van der Waals surface area contributed by atoms with E-state index in [1.165, 1.54) is 56.9 Å². The number of carbonyl (C=O) groups is 3. The lowest BCUT2D eigenvalue weighted by Crippen LogP contribution is -2.52. The van der Waals surface area contributed by atoms with Crippen LogP contribution in [0.3, 0.4) is 0 Å². The first-order valence-electron chi connectivity index (χ1n) is 13.5. The van der Waals surface area contributed by atoms with Gasteiger partial charge in [-0.2, -0.15) is 0 Å². The highest BCUT2D eigenvalue weighted by molar-refractivity contribution is 6.05. The third kappa shape index (κ3) is 5.46. The average Bonchev–Trinajstić information content (AvgIpc) is 3.17. The zero-order chi connectivity index (χ0) is 24.4. The molecular formula is C28H39N3O4. The van der Waals surface area contributed by atoms with Gasteiger partial charge in [0.25, 0.3) is 5.91 Å². The molecule has 0 bridgehead atoms. The van der Waals surface area contributed by atoms with Crippen LogP contribution < -0.4 is 10.6 Å². The van der Waals surface area contributed by atoms with Crippen LogP contribution >= 0.6 is 0 Å². The molecule has 2 aliphatic heterocycles. The fraction of sp³-hybridized carbons (Fsp3) is 0.679. The van der Waals surface area contributed by atoms with Crippen molar-refractivity contribution in [2.45, 2.75) is 95.3 Å². The third-order valence-electron chi connectivity index (χ3n) is 8.69. The molecule has 3 fully saturated rings. The van der Waals surface area contributed by atoms with Gasteiger partial charge in [-0.25, -0.2) is 0 Å². The lowest BCUT2D eigenvalue weighted by atomic mass is 9.79. The van der Waals surface area contributed by atoms with E-state index in [-0.39, 0.29) is 24.1 Å². The summed E-state index contributed by atoms with van der Waals surface area (Å²) in [6.07, 6.45) is 11.8. The lowest BCUT2D eigenvalue weighted by Gasteiger charge is -2.38. The highest BCUT2D eigenvalue weighted by Crippen LogP contribution is 2.33. The average molecular weight is 482 g/mol. The summed E-state index contributed by atoms with van der Waals surface area (Å²) in [5, 5.41) is 6.41. The number of benzene rings is 1. The van der Waals surface area contributed by atoms with Crippen molar-refractivity contribution >= 4 is 17.7 Å². The number of piperidine rings is 1. The van der Waals surface area contributed by atoms with Crippen LogP contribution in [-0.2, 0) is 27.3 Å². The van der Waals surface area contributed by atoms with Crippen molar-refractivity contribution in [2.75, 3.05) is 13.7 Å². The smallest absolute Gasteiger partial charge is 0.255 e. The molecule has 0 spiro atoms. The van der Waals surface area contributed by atoms with E-state index in [1.54, 1.807) is 12.0 Å². The topological polar surface area (TPSA) is 87.7 Å². The summed E-state index contributed by atoms with van der Waals surface area (Å²) in [4.78, 5) is 38.5. The van der Waals surface area contributed by atoms with Gasteiger partial charge in [0.15, 0.2) is 0 Å².